The van der Waals surface area contributed by atoms with Crippen molar-refractivity contribution in [1.29, 1.82) is 0 Å². The fraction of sp³-hybridized carbons (Fsp3) is 0.625. The second-order valence-corrected chi connectivity index (χ2v) is 5.82. The van der Waals surface area contributed by atoms with E-state index in [1.54, 1.807) is 19.9 Å². The van der Waals surface area contributed by atoms with E-state index in [4.69, 9.17) is 0 Å². The van der Waals surface area contributed by atoms with E-state index in [-0.39, 0.29) is 5.92 Å². The van der Waals surface area contributed by atoms with E-state index >= 15 is 0 Å². The Balaban J connectivity index is 2.42. The SMILES string of the molecule is CCC1CCCN1c1ccc(C(C)C)c(C(F)(F)F)c1. The van der Waals surface area contributed by atoms with Crippen LogP contribution in [-0.4, -0.2) is 12.6 Å². The first-order valence-electron chi connectivity index (χ1n) is 7.32. The summed E-state index contributed by atoms with van der Waals surface area (Å²) in [5.41, 5.74) is 0.617. The largest absolute Gasteiger partial charge is 0.416 e. The van der Waals surface area contributed by atoms with Crippen molar-refractivity contribution >= 4 is 5.69 Å². The number of rotatable bonds is 3. The molecule has 0 N–H and O–H groups in total. The minimum absolute atomic E-state index is 0.124. The maximum atomic E-state index is 13.2. The Morgan fingerprint density at radius 1 is 1.30 bits per heavy atom. The van der Waals surface area contributed by atoms with Gasteiger partial charge in [-0.15, -0.1) is 0 Å². The van der Waals surface area contributed by atoms with Crippen LogP contribution < -0.4 is 4.90 Å². The van der Waals surface area contributed by atoms with Crippen LogP contribution in [0.5, 0.6) is 0 Å². The van der Waals surface area contributed by atoms with Crippen molar-refractivity contribution in [3.05, 3.63) is 29.3 Å². The van der Waals surface area contributed by atoms with Crippen molar-refractivity contribution < 1.29 is 13.2 Å². The van der Waals surface area contributed by atoms with E-state index in [1.165, 1.54) is 6.07 Å². The van der Waals surface area contributed by atoms with Gasteiger partial charge in [-0.1, -0.05) is 26.8 Å². The number of alkyl halides is 3. The average molecular weight is 285 g/mol. The Morgan fingerprint density at radius 2 is 2.00 bits per heavy atom. The Morgan fingerprint density at radius 3 is 2.55 bits per heavy atom. The molecule has 0 radical (unpaired) electrons. The number of anilines is 1. The molecule has 1 aromatic rings. The van der Waals surface area contributed by atoms with Crippen LogP contribution in [0.25, 0.3) is 0 Å². The fourth-order valence-electron chi connectivity index (χ4n) is 3.07. The molecule has 4 heteroatoms. The molecular formula is C16H22F3N. The standard InChI is InChI=1S/C16H22F3N/c1-4-12-6-5-9-20(12)13-7-8-14(11(2)3)15(10-13)16(17,18)19/h7-8,10-12H,4-6,9H2,1-3H3. The van der Waals surface area contributed by atoms with Crippen LogP contribution in [0.1, 0.15) is 57.1 Å². The summed E-state index contributed by atoms with van der Waals surface area (Å²) in [6.45, 7) is 6.55. The molecule has 0 saturated carbocycles. The van der Waals surface area contributed by atoms with Crippen molar-refractivity contribution in [2.45, 2.75) is 58.2 Å². The zero-order valence-electron chi connectivity index (χ0n) is 12.3. The lowest BCUT2D eigenvalue weighted by Crippen LogP contribution is -2.28. The molecule has 0 aliphatic carbocycles. The van der Waals surface area contributed by atoms with Gasteiger partial charge >= 0.3 is 6.18 Å². The number of nitrogens with zero attached hydrogens (tertiary/aromatic N) is 1. The quantitative estimate of drug-likeness (QED) is 0.737. The van der Waals surface area contributed by atoms with Crippen LogP contribution in [-0.2, 0) is 6.18 Å². The lowest BCUT2D eigenvalue weighted by molar-refractivity contribution is -0.138. The molecule has 1 nitrogen and oxygen atoms in total. The third-order valence-corrected chi connectivity index (χ3v) is 4.14. The summed E-state index contributed by atoms with van der Waals surface area (Å²) in [6.07, 6.45) is -1.17. The first-order chi connectivity index (χ1) is 9.34. The van der Waals surface area contributed by atoms with Crippen molar-refractivity contribution in [2.75, 3.05) is 11.4 Å². The van der Waals surface area contributed by atoms with Crippen molar-refractivity contribution in [1.82, 2.24) is 0 Å². The van der Waals surface area contributed by atoms with Gasteiger partial charge in [-0.3, -0.25) is 0 Å². The molecule has 20 heavy (non-hydrogen) atoms. The van der Waals surface area contributed by atoms with Gasteiger partial charge in [0.25, 0.3) is 0 Å². The van der Waals surface area contributed by atoms with E-state index in [2.05, 4.69) is 11.8 Å². The Bertz CT molecular complexity index is 465. The van der Waals surface area contributed by atoms with Gasteiger partial charge in [0.1, 0.15) is 0 Å². The first kappa shape index (κ1) is 15.2. The molecule has 1 saturated heterocycles. The lowest BCUT2D eigenvalue weighted by atomic mass is 9.96. The van der Waals surface area contributed by atoms with Crippen LogP contribution in [0.3, 0.4) is 0 Å². The summed E-state index contributed by atoms with van der Waals surface area (Å²) in [4.78, 5) is 2.12. The van der Waals surface area contributed by atoms with Gasteiger partial charge in [0.05, 0.1) is 5.56 Å². The van der Waals surface area contributed by atoms with E-state index < -0.39 is 11.7 Å². The predicted octanol–water partition coefficient (Wildman–Crippen LogP) is 5.21. The van der Waals surface area contributed by atoms with Crippen LogP contribution in [0, 0.1) is 0 Å². The number of hydrogen-bond acceptors (Lipinski definition) is 1. The second-order valence-electron chi connectivity index (χ2n) is 5.82. The minimum atomic E-state index is -4.28. The minimum Gasteiger partial charge on any atom is -0.369 e. The first-order valence-corrected chi connectivity index (χ1v) is 7.32. The lowest BCUT2D eigenvalue weighted by Gasteiger charge is -2.27. The Kier molecular flexibility index (Phi) is 4.31. The van der Waals surface area contributed by atoms with Crippen LogP contribution in [0.15, 0.2) is 18.2 Å². The molecule has 2 rings (SSSR count). The van der Waals surface area contributed by atoms with E-state index in [0.717, 1.165) is 25.8 Å². The number of benzene rings is 1. The second kappa shape index (κ2) is 5.66. The summed E-state index contributed by atoms with van der Waals surface area (Å²) in [5, 5.41) is 0. The zero-order valence-corrected chi connectivity index (χ0v) is 12.3. The highest BCUT2D eigenvalue weighted by Crippen LogP contribution is 2.38. The maximum Gasteiger partial charge on any atom is 0.416 e. The molecule has 112 valence electrons. The molecular weight excluding hydrogens is 263 g/mol. The molecule has 0 spiro atoms. The molecule has 1 heterocycles. The third-order valence-electron chi connectivity index (χ3n) is 4.14. The summed E-state index contributed by atoms with van der Waals surface area (Å²) in [6, 6.07) is 5.21. The summed E-state index contributed by atoms with van der Waals surface area (Å²) in [7, 11) is 0. The predicted molar refractivity (Wildman–Crippen MR) is 76.2 cm³/mol. The Labute approximate surface area is 118 Å². The van der Waals surface area contributed by atoms with E-state index in [0.29, 0.717) is 17.3 Å². The molecule has 1 aliphatic heterocycles. The van der Waals surface area contributed by atoms with E-state index in [1.807, 2.05) is 6.07 Å². The summed E-state index contributed by atoms with van der Waals surface area (Å²) < 4.78 is 39.7. The van der Waals surface area contributed by atoms with Gasteiger partial charge in [-0.05, 0) is 42.9 Å². The zero-order chi connectivity index (χ0) is 14.9. The van der Waals surface area contributed by atoms with Gasteiger partial charge in [-0.2, -0.15) is 13.2 Å². The number of hydrogen-bond donors (Lipinski definition) is 0. The van der Waals surface area contributed by atoms with Gasteiger partial charge in [-0.25, -0.2) is 0 Å². The molecule has 1 atom stereocenters. The van der Waals surface area contributed by atoms with Gasteiger partial charge < -0.3 is 4.90 Å². The smallest absolute Gasteiger partial charge is 0.369 e. The van der Waals surface area contributed by atoms with Crippen LogP contribution in [0.4, 0.5) is 18.9 Å². The normalized spacial score (nSPS) is 19.9. The summed E-state index contributed by atoms with van der Waals surface area (Å²) >= 11 is 0. The molecule has 1 unspecified atom stereocenters. The Hall–Kier alpha value is -1.19. The summed E-state index contributed by atoms with van der Waals surface area (Å²) in [5.74, 6) is -0.124. The van der Waals surface area contributed by atoms with Crippen molar-refractivity contribution in [3.8, 4) is 0 Å². The highest BCUT2D eigenvalue weighted by atomic mass is 19.4. The topological polar surface area (TPSA) is 3.24 Å². The van der Waals surface area contributed by atoms with Crippen molar-refractivity contribution in [3.63, 3.8) is 0 Å². The molecule has 0 aromatic heterocycles. The highest BCUT2D eigenvalue weighted by Gasteiger charge is 2.35. The van der Waals surface area contributed by atoms with Crippen LogP contribution >= 0.6 is 0 Å². The van der Waals surface area contributed by atoms with E-state index in [9.17, 15) is 13.2 Å². The average Bonchev–Trinajstić information content (AvgIpc) is 2.85. The monoisotopic (exact) mass is 285 g/mol. The number of halogens is 3. The van der Waals surface area contributed by atoms with Crippen LogP contribution in [0.2, 0.25) is 0 Å². The maximum absolute atomic E-state index is 13.2. The molecule has 1 fully saturated rings. The third kappa shape index (κ3) is 2.94. The fourth-order valence-corrected chi connectivity index (χ4v) is 3.07. The van der Waals surface area contributed by atoms with Gasteiger partial charge in [0.15, 0.2) is 0 Å². The molecule has 1 aliphatic rings. The van der Waals surface area contributed by atoms with Gasteiger partial charge in [0.2, 0.25) is 0 Å². The highest BCUT2D eigenvalue weighted by molar-refractivity contribution is 5.54. The van der Waals surface area contributed by atoms with Crippen molar-refractivity contribution in [2.24, 2.45) is 0 Å². The molecule has 0 bridgehead atoms. The molecule has 0 amide bonds. The molecule has 1 aromatic carbocycles. The van der Waals surface area contributed by atoms with Gasteiger partial charge in [0, 0.05) is 18.3 Å².